The number of hydrogen-bond acceptors (Lipinski definition) is 5. The molecule has 0 radical (unpaired) electrons. The molecule has 0 saturated heterocycles. The monoisotopic (exact) mass is 325 g/mol. The van der Waals surface area contributed by atoms with E-state index < -0.39 is 0 Å². The lowest BCUT2D eigenvalue weighted by Crippen LogP contribution is -2.12. The Kier molecular flexibility index (Phi) is 4.68. The fourth-order valence-corrected chi connectivity index (χ4v) is 2.34. The number of nitrogens with two attached hydrogens (primary N) is 1. The van der Waals surface area contributed by atoms with Crippen LogP contribution in [-0.2, 0) is 4.74 Å². The Balaban J connectivity index is 2.20. The largest absolute Gasteiger partial charge is 0.385 e. The molecule has 0 saturated carbocycles. The zero-order valence-electron chi connectivity index (χ0n) is 10.9. The second-order valence-corrected chi connectivity index (χ2v) is 5.18. The summed E-state index contributed by atoms with van der Waals surface area (Å²) in [7, 11) is 1.63. The third-order valence-electron chi connectivity index (χ3n) is 2.76. The smallest absolute Gasteiger partial charge is 0.243 e. The van der Waals surface area contributed by atoms with E-state index in [2.05, 4.69) is 26.1 Å². The first-order valence-corrected chi connectivity index (χ1v) is 6.75. The summed E-state index contributed by atoms with van der Waals surface area (Å²) < 4.78 is 11.1. The molecule has 2 rings (SSSR count). The van der Waals surface area contributed by atoms with E-state index in [4.69, 9.17) is 15.0 Å². The first kappa shape index (κ1) is 14.2. The minimum Gasteiger partial charge on any atom is -0.385 e. The van der Waals surface area contributed by atoms with Gasteiger partial charge in [-0.05, 0) is 31.0 Å². The van der Waals surface area contributed by atoms with Crippen LogP contribution in [0.1, 0.15) is 23.9 Å². The van der Waals surface area contributed by atoms with Crippen LogP contribution in [0, 0.1) is 6.92 Å². The van der Waals surface area contributed by atoms with Crippen molar-refractivity contribution in [2.75, 3.05) is 13.7 Å². The molecule has 1 aromatic heterocycles. The highest BCUT2D eigenvalue weighted by Gasteiger charge is 2.16. The Morgan fingerprint density at radius 1 is 1.47 bits per heavy atom. The van der Waals surface area contributed by atoms with Crippen molar-refractivity contribution in [2.24, 2.45) is 5.73 Å². The van der Waals surface area contributed by atoms with E-state index >= 15 is 0 Å². The van der Waals surface area contributed by atoms with E-state index in [0.717, 1.165) is 15.6 Å². The van der Waals surface area contributed by atoms with Crippen LogP contribution in [0.5, 0.6) is 0 Å². The maximum Gasteiger partial charge on any atom is 0.243 e. The van der Waals surface area contributed by atoms with E-state index in [1.807, 2.05) is 25.1 Å². The van der Waals surface area contributed by atoms with Gasteiger partial charge in [0.05, 0.1) is 6.04 Å². The molecule has 2 aromatic rings. The zero-order chi connectivity index (χ0) is 13.8. The second-order valence-electron chi connectivity index (χ2n) is 4.33. The fourth-order valence-electron chi connectivity index (χ4n) is 1.66. The van der Waals surface area contributed by atoms with Crippen molar-refractivity contribution in [3.8, 4) is 11.4 Å². The highest BCUT2D eigenvalue weighted by Crippen LogP contribution is 2.27. The van der Waals surface area contributed by atoms with E-state index in [9.17, 15) is 0 Å². The minimum atomic E-state index is -0.301. The summed E-state index contributed by atoms with van der Waals surface area (Å²) in [6.45, 7) is 2.59. The molecule has 0 spiro atoms. The highest BCUT2D eigenvalue weighted by molar-refractivity contribution is 9.10. The molecule has 1 aromatic carbocycles. The molecule has 102 valence electrons. The number of rotatable bonds is 5. The van der Waals surface area contributed by atoms with Gasteiger partial charge >= 0.3 is 0 Å². The highest BCUT2D eigenvalue weighted by atomic mass is 79.9. The SMILES string of the molecule is COCCC(N)c1nc(-c2ccc(C)cc2Br)no1. The lowest BCUT2D eigenvalue weighted by molar-refractivity contribution is 0.182. The topological polar surface area (TPSA) is 74.2 Å². The Hall–Kier alpha value is -1.24. The maximum absolute atomic E-state index is 5.95. The molecule has 2 N–H and O–H groups in total. The van der Waals surface area contributed by atoms with Gasteiger partial charge in [-0.15, -0.1) is 0 Å². The van der Waals surface area contributed by atoms with E-state index in [0.29, 0.717) is 24.7 Å². The van der Waals surface area contributed by atoms with Gasteiger partial charge in [0.15, 0.2) is 0 Å². The van der Waals surface area contributed by atoms with Gasteiger partial charge < -0.3 is 15.0 Å². The number of aromatic nitrogens is 2. The molecule has 0 aliphatic carbocycles. The van der Waals surface area contributed by atoms with Gasteiger partial charge in [0.1, 0.15) is 0 Å². The molecule has 1 heterocycles. The van der Waals surface area contributed by atoms with Crippen molar-refractivity contribution in [1.29, 1.82) is 0 Å². The summed E-state index contributed by atoms with van der Waals surface area (Å²) >= 11 is 3.50. The molecule has 1 atom stereocenters. The summed E-state index contributed by atoms with van der Waals surface area (Å²) in [6.07, 6.45) is 0.646. The number of methoxy groups -OCH3 is 1. The summed E-state index contributed by atoms with van der Waals surface area (Å²) in [5.41, 5.74) is 8.00. The van der Waals surface area contributed by atoms with Crippen LogP contribution >= 0.6 is 15.9 Å². The van der Waals surface area contributed by atoms with Crippen LogP contribution < -0.4 is 5.73 Å². The Bertz CT molecular complexity index is 557. The third kappa shape index (κ3) is 3.40. The molecule has 19 heavy (non-hydrogen) atoms. The van der Waals surface area contributed by atoms with Gasteiger partial charge in [0.25, 0.3) is 0 Å². The molecule has 5 nitrogen and oxygen atoms in total. The molecule has 0 fully saturated rings. The average Bonchev–Trinajstić information content (AvgIpc) is 2.85. The lowest BCUT2D eigenvalue weighted by atomic mass is 10.1. The summed E-state index contributed by atoms with van der Waals surface area (Å²) in [4.78, 5) is 4.34. The van der Waals surface area contributed by atoms with Crippen LogP contribution in [0.25, 0.3) is 11.4 Å². The first-order chi connectivity index (χ1) is 9.11. The Labute approximate surface area is 120 Å². The van der Waals surface area contributed by atoms with Crippen LogP contribution in [-0.4, -0.2) is 23.9 Å². The predicted molar refractivity (Wildman–Crippen MR) is 75.6 cm³/mol. The van der Waals surface area contributed by atoms with Gasteiger partial charge in [-0.3, -0.25) is 0 Å². The maximum atomic E-state index is 5.95. The van der Waals surface area contributed by atoms with Gasteiger partial charge in [-0.1, -0.05) is 27.2 Å². The molecule has 0 aliphatic rings. The van der Waals surface area contributed by atoms with Gasteiger partial charge in [0.2, 0.25) is 11.7 Å². The molecule has 6 heteroatoms. The Morgan fingerprint density at radius 2 is 2.26 bits per heavy atom. The predicted octanol–water partition coefficient (Wildman–Crippen LogP) is 2.84. The third-order valence-corrected chi connectivity index (χ3v) is 3.41. The molecule has 0 amide bonds. The zero-order valence-corrected chi connectivity index (χ0v) is 12.5. The van der Waals surface area contributed by atoms with Crippen LogP contribution in [0.3, 0.4) is 0 Å². The summed E-state index contributed by atoms with van der Waals surface area (Å²) in [6, 6.07) is 5.66. The van der Waals surface area contributed by atoms with E-state index in [1.54, 1.807) is 7.11 Å². The molecule has 1 unspecified atom stereocenters. The Morgan fingerprint density at radius 3 is 2.95 bits per heavy atom. The minimum absolute atomic E-state index is 0.301. The van der Waals surface area contributed by atoms with E-state index in [-0.39, 0.29) is 6.04 Å². The molecule has 0 aliphatic heterocycles. The van der Waals surface area contributed by atoms with Crippen molar-refractivity contribution in [3.05, 3.63) is 34.1 Å². The number of ether oxygens (including phenoxy) is 1. The summed E-state index contributed by atoms with van der Waals surface area (Å²) in [5, 5.41) is 3.97. The average molecular weight is 326 g/mol. The van der Waals surface area contributed by atoms with Crippen LogP contribution in [0.2, 0.25) is 0 Å². The van der Waals surface area contributed by atoms with Gasteiger partial charge in [-0.2, -0.15) is 4.98 Å². The number of nitrogens with zero attached hydrogens (tertiary/aromatic N) is 2. The quantitative estimate of drug-likeness (QED) is 0.914. The molecular weight excluding hydrogens is 310 g/mol. The van der Waals surface area contributed by atoms with Gasteiger partial charge in [-0.25, -0.2) is 0 Å². The second kappa shape index (κ2) is 6.27. The van der Waals surface area contributed by atoms with Crippen LogP contribution in [0.4, 0.5) is 0 Å². The standard InChI is InChI=1S/C13H16BrN3O2/c1-8-3-4-9(10(14)7-8)12-16-13(19-17-12)11(15)5-6-18-2/h3-4,7,11H,5-6,15H2,1-2H3. The van der Waals surface area contributed by atoms with Crippen molar-refractivity contribution in [1.82, 2.24) is 10.1 Å². The van der Waals surface area contributed by atoms with E-state index in [1.165, 1.54) is 0 Å². The fraction of sp³-hybridized carbons (Fsp3) is 0.385. The lowest BCUT2D eigenvalue weighted by Gasteiger charge is -2.04. The van der Waals surface area contributed by atoms with Crippen LogP contribution in [0.15, 0.2) is 27.2 Å². The first-order valence-electron chi connectivity index (χ1n) is 5.96. The van der Waals surface area contributed by atoms with Crippen molar-refractivity contribution in [3.63, 3.8) is 0 Å². The van der Waals surface area contributed by atoms with Gasteiger partial charge in [0, 0.05) is 23.8 Å². The number of aryl methyl sites for hydroxylation is 1. The number of benzene rings is 1. The normalized spacial score (nSPS) is 12.6. The van der Waals surface area contributed by atoms with Crippen molar-refractivity contribution < 1.29 is 9.26 Å². The van der Waals surface area contributed by atoms with Crippen molar-refractivity contribution >= 4 is 15.9 Å². The molecule has 0 bridgehead atoms. The summed E-state index contributed by atoms with van der Waals surface area (Å²) in [5.74, 6) is 0.967. The number of hydrogen-bond donors (Lipinski definition) is 1. The molecular formula is C13H16BrN3O2. The van der Waals surface area contributed by atoms with Crippen molar-refractivity contribution in [2.45, 2.75) is 19.4 Å². The number of halogens is 1.